The highest BCUT2D eigenvalue weighted by molar-refractivity contribution is 9.10. The topological polar surface area (TPSA) is 41.1 Å². The minimum Gasteiger partial charge on any atom is -0.348 e. The van der Waals surface area contributed by atoms with Gasteiger partial charge in [-0.25, -0.2) is 8.78 Å². The average Bonchev–Trinajstić information content (AvgIpc) is 2.76. The quantitative estimate of drug-likeness (QED) is 0.818. The Bertz CT molecular complexity index is 447. The van der Waals surface area contributed by atoms with E-state index in [0.717, 1.165) is 25.1 Å². The van der Waals surface area contributed by atoms with Crippen molar-refractivity contribution in [1.29, 1.82) is 0 Å². The molecule has 0 saturated carbocycles. The predicted molar refractivity (Wildman–Crippen MR) is 62.8 cm³/mol. The molecule has 1 heterocycles. The number of amides is 1. The highest BCUT2D eigenvalue weighted by Gasteiger charge is 2.20. The summed E-state index contributed by atoms with van der Waals surface area (Å²) in [6, 6.07) is 1.90. The molecule has 3 nitrogen and oxygen atoms in total. The van der Waals surface area contributed by atoms with Gasteiger partial charge in [-0.3, -0.25) is 4.79 Å². The van der Waals surface area contributed by atoms with Crippen LogP contribution in [0.15, 0.2) is 16.6 Å². The summed E-state index contributed by atoms with van der Waals surface area (Å²) in [5.41, 5.74) is 0.107. The minimum atomic E-state index is -1.03. The maximum atomic E-state index is 13.0. The molecule has 0 bridgehead atoms. The van der Waals surface area contributed by atoms with E-state index in [0.29, 0.717) is 6.54 Å². The number of rotatable bonds is 2. The van der Waals surface area contributed by atoms with E-state index in [1.165, 1.54) is 0 Å². The lowest BCUT2D eigenvalue weighted by Crippen LogP contribution is -2.36. The highest BCUT2D eigenvalue weighted by Crippen LogP contribution is 2.20. The first kappa shape index (κ1) is 12.4. The lowest BCUT2D eigenvalue weighted by atomic mass is 10.1. The fourth-order valence-electron chi connectivity index (χ4n) is 1.74. The molecule has 1 unspecified atom stereocenters. The van der Waals surface area contributed by atoms with Crippen LogP contribution in [0.4, 0.5) is 8.78 Å². The number of benzene rings is 1. The molecule has 2 rings (SSSR count). The van der Waals surface area contributed by atoms with Crippen LogP contribution < -0.4 is 10.6 Å². The summed E-state index contributed by atoms with van der Waals surface area (Å²) < 4.78 is 26.2. The predicted octanol–water partition coefficient (Wildman–Crippen LogP) is 1.82. The Hall–Kier alpha value is -1.01. The zero-order valence-electron chi connectivity index (χ0n) is 8.90. The van der Waals surface area contributed by atoms with Gasteiger partial charge < -0.3 is 10.6 Å². The minimum absolute atomic E-state index is 0.0440. The van der Waals surface area contributed by atoms with E-state index in [1.54, 1.807) is 0 Å². The van der Waals surface area contributed by atoms with E-state index in [4.69, 9.17) is 0 Å². The van der Waals surface area contributed by atoms with Crippen LogP contribution in [0.3, 0.4) is 0 Å². The van der Waals surface area contributed by atoms with Crippen LogP contribution in [-0.2, 0) is 0 Å². The van der Waals surface area contributed by atoms with Gasteiger partial charge in [0.1, 0.15) is 0 Å². The normalized spacial score (nSPS) is 19.4. The molecular formula is C11H11BrF2N2O. The fourth-order valence-corrected chi connectivity index (χ4v) is 2.23. The number of nitrogens with one attached hydrogen (secondary N) is 2. The van der Waals surface area contributed by atoms with Crippen molar-refractivity contribution in [2.24, 2.45) is 0 Å². The summed E-state index contributed by atoms with van der Waals surface area (Å²) in [6.45, 7) is 1.55. The van der Waals surface area contributed by atoms with Gasteiger partial charge in [-0.2, -0.15) is 0 Å². The third-order valence-electron chi connectivity index (χ3n) is 2.65. The van der Waals surface area contributed by atoms with Crippen LogP contribution in [0.25, 0.3) is 0 Å². The molecule has 0 aromatic heterocycles. The molecule has 92 valence electrons. The molecule has 1 aliphatic heterocycles. The Labute approximate surface area is 106 Å². The third-order valence-corrected chi connectivity index (χ3v) is 3.31. The summed E-state index contributed by atoms with van der Waals surface area (Å²) in [5.74, 6) is -2.40. The van der Waals surface area contributed by atoms with Crippen molar-refractivity contribution in [3.8, 4) is 0 Å². The van der Waals surface area contributed by atoms with Crippen molar-refractivity contribution >= 4 is 21.8 Å². The first-order valence-corrected chi connectivity index (χ1v) is 6.03. The van der Waals surface area contributed by atoms with Crippen molar-refractivity contribution in [3.63, 3.8) is 0 Å². The SMILES string of the molecule is O=C(NC1CCNC1)c1cc(F)c(F)cc1Br. The Morgan fingerprint density at radius 1 is 1.41 bits per heavy atom. The van der Waals surface area contributed by atoms with Crippen LogP contribution in [0.2, 0.25) is 0 Å². The second kappa shape index (κ2) is 5.10. The summed E-state index contributed by atoms with van der Waals surface area (Å²) in [5, 5.41) is 5.87. The van der Waals surface area contributed by atoms with E-state index in [1.807, 2.05) is 0 Å². The highest BCUT2D eigenvalue weighted by atomic mass is 79.9. The van der Waals surface area contributed by atoms with Crippen LogP contribution >= 0.6 is 15.9 Å². The molecular weight excluding hydrogens is 294 g/mol. The molecule has 0 spiro atoms. The maximum Gasteiger partial charge on any atom is 0.252 e. The third kappa shape index (κ3) is 2.81. The average molecular weight is 305 g/mol. The lowest BCUT2D eigenvalue weighted by molar-refractivity contribution is 0.0938. The second-order valence-corrected chi connectivity index (χ2v) is 4.76. The van der Waals surface area contributed by atoms with Crippen molar-refractivity contribution in [1.82, 2.24) is 10.6 Å². The van der Waals surface area contributed by atoms with E-state index < -0.39 is 17.5 Å². The molecule has 1 saturated heterocycles. The number of carbonyl (C=O) groups is 1. The molecule has 1 aromatic rings. The molecule has 0 radical (unpaired) electrons. The van der Waals surface area contributed by atoms with E-state index >= 15 is 0 Å². The zero-order valence-corrected chi connectivity index (χ0v) is 10.5. The van der Waals surface area contributed by atoms with Crippen LogP contribution in [0.5, 0.6) is 0 Å². The smallest absolute Gasteiger partial charge is 0.252 e. The van der Waals surface area contributed by atoms with Crippen molar-refractivity contribution in [3.05, 3.63) is 33.8 Å². The number of halogens is 3. The van der Waals surface area contributed by atoms with Gasteiger partial charge >= 0.3 is 0 Å². The summed E-state index contributed by atoms with van der Waals surface area (Å²) in [7, 11) is 0. The molecule has 0 aliphatic carbocycles. The van der Waals surface area contributed by atoms with Crippen LogP contribution in [-0.4, -0.2) is 25.0 Å². The monoisotopic (exact) mass is 304 g/mol. The van der Waals surface area contributed by atoms with E-state index in [9.17, 15) is 13.6 Å². The van der Waals surface area contributed by atoms with Crippen molar-refractivity contribution < 1.29 is 13.6 Å². The van der Waals surface area contributed by atoms with Gasteiger partial charge in [0.05, 0.1) is 5.56 Å². The molecule has 2 N–H and O–H groups in total. The largest absolute Gasteiger partial charge is 0.348 e. The molecule has 1 aromatic carbocycles. The van der Waals surface area contributed by atoms with Gasteiger partial charge in [0.15, 0.2) is 11.6 Å². The van der Waals surface area contributed by atoms with Crippen molar-refractivity contribution in [2.75, 3.05) is 13.1 Å². The second-order valence-electron chi connectivity index (χ2n) is 3.91. The Morgan fingerprint density at radius 2 is 2.12 bits per heavy atom. The van der Waals surface area contributed by atoms with Gasteiger partial charge in [-0.1, -0.05) is 0 Å². The zero-order chi connectivity index (χ0) is 12.4. The van der Waals surface area contributed by atoms with Gasteiger partial charge in [-0.05, 0) is 41.0 Å². The molecule has 17 heavy (non-hydrogen) atoms. The van der Waals surface area contributed by atoms with Crippen LogP contribution in [0.1, 0.15) is 16.8 Å². The Balaban J connectivity index is 2.15. The number of hydrogen-bond donors (Lipinski definition) is 2. The van der Waals surface area contributed by atoms with Gasteiger partial charge in [0, 0.05) is 17.1 Å². The molecule has 1 fully saturated rings. The van der Waals surface area contributed by atoms with Crippen LogP contribution in [0, 0.1) is 11.6 Å². The van der Waals surface area contributed by atoms with Gasteiger partial charge in [-0.15, -0.1) is 0 Å². The number of carbonyl (C=O) groups excluding carboxylic acids is 1. The summed E-state index contributed by atoms with van der Waals surface area (Å²) >= 11 is 3.05. The Morgan fingerprint density at radius 3 is 2.76 bits per heavy atom. The summed E-state index contributed by atoms with van der Waals surface area (Å²) in [4.78, 5) is 11.8. The standard InChI is InChI=1S/C11H11BrF2N2O/c12-8-4-10(14)9(13)3-7(8)11(17)16-6-1-2-15-5-6/h3-4,6,15H,1-2,5H2,(H,16,17). The lowest BCUT2D eigenvalue weighted by Gasteiger charge is -2.12. The molecule has 1 aliphatic rings. The first-order valence-electron chi connectivity index (χ1n) is 5.24. The Kier molecular flexibility index (Phi) is 3.73. The number of hydrogen-bond acceptors (Lipinski definition) is 2. The van der Waals surface area contributed by atoms with Gasteiger partial charge in [0.2, 0.25) is 0 Å². The maximum absolute atomic E-state index is 13.0. The van der Waals surface area contributed by atoms with Gasteiger partial charge in [0.25, 0.3) is 5.91 Å². The van der Waals surface area contributed by atoms with E-state index in [-0.39, 0.29) is 16.1 Å². The molecule has 1 amide bonds. The fraction of sp³-hybridized carbons (Fsp3) is 0.364. The first-order chi connectivity index (χ1) is 8.08. The van der Waals surface area contributed by atoms with Crippen molar-refractivity contribution in [2.45, 2.75) is 12.5 Å². The summed E-state index contributed by atoms with van der Waals surface area (Å²) in [6.07, 6.45) is 0.840. The molecule has 6 heteroatoms. The van der Waals surface area contributed by atoms with E-state index in [2.05, 4.69) is 26.6 Å². The molecule has 1 atom stereocenters.